The van der Waals surface area contributed by atoms with Gasteiger partial charge in [0.1, 0.15) is 42.0 Å². The maximum Gasteiger partial charge on any atom is 0.326 e. The highest BCUT2D eigenvalue weighted by Crippen LogP contribution is 2.14. The number of amides is 8. The number of carbonyl (C=O) groups is 9. The van der Waals surface area contributed by atoms with Crippen molar-refractivity contribution in [3.8, 4) is 5.75 Å². The fraction of sp³-hybridized carbons (Fsp3) is 0.651. The number of hydrogen-bond donors (Lipinski definition) is 13. The zero-order valence-electron chi connectivity index (χ0n) is 38.3. The monoisotopic (exact) mass is 921 g/mol. The predicted octanol–water partition coefficient (Wildman–Crippen LogP) is -2.10. The Morgan fingerprint density at radius 2 is 1.17 bits per heavy atom. The SMILES string of the molecule is CC[C@H](C)[C@H](NC(=O)[C@@H](N)CCCCN)C(=O)NCC(=O)N[C@@H](CO)C(=O)N[C@@H](CC(C)C)C(=O)N[C@@H](CCC(N)=O)C(=O)N[C@@H](Cc1ccc(O)cc1)C(=O)N[C@@H](CC(C)C)C(=O)O. The van der Waals surface area contributed by atoms with E-state index in [4.69, 9.17) is 17.2 Å². The van der Waals surface area contributed by atoms with Crippen LogP contribution in [0.4, 0.5) is 0 Å². The Labute approximate surface area is 380 Å². The number of phenolic OH excluding ortho intramolecular Hbond substituents is 1. The van der Waals surface area contributed by atoms with E-state index in [-0.39, 0.29) is 49.2 Å². The van der Waals surface area contributed by atoms with Crippen LogP contribution in [0, 0.1) is 17.8 Å². The molecule has 366 valence electrons. The molecule has 1 rings (SSSR count). The van der Waals surface area contributed by atoms with E-state index in [0.29, 0.717) is 37.8 Å². The van der Waals surface area contributed by atoms with Gasteiger partial charge in [-0.15, -0.1) is 0 Å². The molecule has 1 aromatic rings. The van der Waals surface area contributed by atoms with Crippen LogP contribution in [0.3, 0.4) is 0 Å². The normalized spacial score (nSPS) is 14.9. The standard InChI is InChI=1S/C43H72N10O12/c1-7-25(6)36(53-37(58)28(45)10-8-9-17-44)42(63)47-21-35(57)48-33(22-54)41(62)50-30(18-23(2)3)39(60)49-29(15-16-34(46)56)38(59)51-31(20-26-11-13-27(55)14-12-26)40(61)52-32(43(64)65)19-24(4)5/h11-14,23-25,28-33,36,54-55H,7-10,15-22,44-45H2,1-6H3,(H2,46,56)(H,47,63)(H,48,57)(H,49,60)(H,50,62)(H,51,59)(H,52,61)(H,53,58)(H,64,65)/t25-,28-,29-,30-,31-,32-,33-,36-/m0/s1. The van der Waals surface area contributed by atoms with Gasteiger partial charge in [0.05, 0.1) is 19.2 Å². The Bertz CT molecular complexity index is 1750. The average molecular weight is 921 g/mol. The number of nitrogens with one attached hydrogen (secondary N) is 7. The van der Waals surface area contributed by atoms with Crippen LogP contribution in [-0.4, -0.2) is 131 Å². The van der Waals surface area contributed by atoms with Crippen molar-refractivity contribution >= 4 is 53.2 Å². The molecule has 0 heterocycles. The zero-order valence-corrected chi connectivity index (χ0v) is 38.3. The topological polar surface area (TPSA) is 377 Å². The van der Waals surface area contributed by atoms with Crippen molar-refractivity contribution in [1.82, 2.24) is 37.2 Å². The highest BCUT2D eigenvalue weighted by Gasteiger charge is 2.34. The first-order chi connectivity index (χ1) is 30.5. The summed E-state index contributed by atoms with van der Waals surface area (Å²) in [5.74, 6) is -8.76. The second-order valence-corrected chi connectivity index (χ2v) is 17.0. The lowest BCUT2D eigenvalue weighted by Gasteiger charge is -2.27. The Hall–Kier alpha value is -5.87. The largest absolute Gasteiger partial charge is 0.508 e. The summed E-state index contributed by atoms with van der Waals surface area (Å²) in [6.07, 6.45) is 1.28. The molecule has 0 fully saturated rings. The lowest BCUT2D eigenvalue weighted by Crippen LogP contribution is -2.60. The van der Waals surface area contributed by atoms with Gasteiger partial charge < -0.3 is 69.7 Å². The second kappa shape index (κ2) is 29.5. The number of hydrogen-bond acceptors (Lipinski definition) is 13. The maximum absolute atomic E-state index is 13.9. The molecule has 0 radical (unpaired) electrons. The maximum atomic E-state index is 13.9. The molecule has 1 aromatic carbocycles. The van der Waals surface area contributed by atoms with Gasteiger partial charge in [0.15, 0.2) is 0 Å². The molecule has 0 aliphatic rings. The highest BCUT2D eigenvalue weighted by molar-refractivity contribution is 5.97. The number of unbranched alkanes of at least 4 members (excludes halogenated alkanes) is 1. The second-order valence-electron chi connectivity index (χ2n) is 17.0. The molecule has 8 atom stereocenters. The molecule has 0 unspecified atom stereocenters. The lowest BCUT2D eigenvalue weighted by molar-refractivity contribution is -0.142. The summed E-state index contributed by atoms with van der Waals surface area (Å²) >= 11 is 0. The van der Waals surface area contributed by atoms with Gasteiger partial charge in [0.2, 0.25) is 47.3 Å². The van der Waals surface area contributed by atoms with Gasteiger partial charge in [0.25, 0.3) is 0 Å². The Morgan fingerprint density at radius 1 is 0.646 bits per heavy atom. The smallest absolute Gasteiger partial charge is 0.326 e. The Kier molecular flexibility index (Phi) is 26.0. The van der Waals surface area contributed by atoms with E-state index in [1.807, 2.05) is 6.92 Å². The third-order valence-electron chi connectivity index (χ3n) is 10.3. The number of carbonyl (C=O) groups excluding carboxylic acids is 8. The molecule has 0 bridgehead atoms. The minimum absolute atomic E-state index is 0.0123. The summed E-state index contributed by atoms with van der Waals surface area (Å²) in [5.41, 5.74) is 17.3. The quantitative estimate of drug-likeness (QED) is 0.0355. The van der Waals surface area contributed by atoms with Crippen LogP contribution in [0.5, 0.6) is 5.75 Å². The van der Waals surface area contributed by atoms with Crippen LogP contribution < -0.4 is 54.4 Å². The van der Waals surface area contributed by atoms with Crippen molar-refractivity contribution in [3.63, 3.8) is 0 Å². The van der Waals surface area contributed by atoms with E-state index in [2.05, 4.69) is 37.2 Å². The predicted molar refractivity (Wildman–Crippen MR) is 239 cm³/mol. The van der Waals surface area contributed by atoms with Crippen molar-refractivity contribution in [3.05, 3.63) is 29.8 Å². The van der Waals surface area contributed by atoms with Gasteiger partial charge in [-0.3, -0.25) is 38.4 Å². The van der Waals surface area contributed by atoms with Crippen molar-refractivity contribution < 1.29 is 58.5 Å². The summed E-state index contributed by atoms with van der Waals surface area (Å²) in [5, 5.41) is 46.9. The molecular weight excluding hydrogens is 849 g/mol. The summed E-state index contributed by atoms with van der Waals surface area (Å²) in [6, 6.07) is -3.45. The van der Waals surface area contributed by atoms with Crippen molar-refractivity contribution in [2.24, 2.45) is 35.0 Å². The fourth-order valence-corrected chi connectivity index (χ4v) is 6.44. The molecule has 0 saturated heterocycles. The van der Waals surface area contributed by atoms with Gasteiger partial charge in [-0.05, 0) is 74.1 Å². The van der Waals surface area contributed by atoms with Gasteiger partial charge in [0, 0.05) is 12.8 Å². The van der Waals surface area contributed by atoms with Gasteiger partial charge in [-0.2, -0.15) is 0 Å². The molecular formula is C43H72N10O12. The number of benzene rings is 1. The Balaban J connectivity index is 3.22. The lowest BCUT2D eigenvalue weighted by atomic mass is 9.97. The van der Waals surface area contributed by atoms with Gasteiger partial charge in [-0.25, -0.2) is 4.79 Å². The van der Waals surface area contributed by atoms with E-state index >= 15 is 0 Å². The molecule has 8 amide bonds. The van der Waals surface area contributed by atoms with E-state index in [1.165, 1.54) is 24.3 Å². The minimum Gasteiger partial charge on any atom is -0.508 e. The third-order valence-corrected chi connectivity index (χ3v) is 10.3. The molecule has 0 spiro atoms. The number of nitrogens with two attached hydrogens (primary N) is 3. The first kappa shape index (κ1) is 57.1. The number of aliphatic hydroxyl groups excluding tert-OH is 1. The number of aromatic hydroxyl groups is 1. The molecule has 22 nitrogen and oxygen atoms in total. The number of phenols is 1. The number of aliphatic carboxylic acids is 1. The molecule has 0 aromatic heterocycles. The van der Waals surface area contributed by atoms with E-state index in [9.17, 15) is 58.5 Å². The van der Waals surface area contributed by atoms with E-state index in [1.54, 1.807) is 34.6 Å². The number of aliphatic hydroxyl groups is 1. The number of primary amides is 1. The molecule has 0 aliphatic heterocycles. The van der Waals surface area contributed by atoms with Gasteiger partial charge in [-0.1, -0.05) is 66.5 Å². The molecule has 65 heavy (non-hydrogen) atoms. The van der Waals surface area contributed by atoms with E-state index < -0.39 is 115 Å². The van der Waals surface area contributed by atoms with Crippen LogP contribution in [0.15, 0.2) is 24.3 Å². The summed E-state index contributed by atoms with van der Waals surface area (Å²) in [7, 11) is 0. The van der Waals surface area contributed by atoms with Crippen LogP contribution in [0.2, 0.25) is 0 Å². The first-order valence-electron chi connectivity index (χ1n) is 22.0. The zero-order chi connectivity index (χ0) is 49.4. The fourth-order valence-electron chi connectivity index (χ4n) is 6.44. The highest BCUT2D eigenvalue weighted by atomic mass is 16.4. The van der Waals surface area contributed by atoms with Crippen LogP contribution in [-0.2, 0) is 49.6 Å². The minimum atomic E-state index is -1.61. The van der Waals surface area contributed by atoms with Crippen molar-refractivity contribution in [2.45, 2.75) is 142 Å². The summed E-state index contributed by atoms with van der Waals surface area (Å²) in [4.78, 5) is 117. The summed E-state index contributed by atoms with van der Waals surface area (Å²) < 4.78 is 0. The van der Waals surface area contributed by atoms with Crippen LogP contribution in [0.25, 0.3) is 0 Å². The molecule has 0 aliphatic carbocycles. The number of carboxylic acid groups (broad SMARTS) is 1. The summed E-state index contributed by atoms with van der Waals surface area (Å²) in [6.45, 7) is 9.40. The van der Waals surface area contributed by atoms with Crippen LogP contribution >= 0.6 is 0 Å². The van der Waals surface area contributed by atoms with Gasteiger partial charge >= 0.3 is 5.97 Å². The average Bonchev–Trinajstić information content (AvgIpc) is 3.24. The third kappa shape index (κ3) is 22.1. The molecule has 0 saturated carbocycles. The number of carboxylic acids is 1. The number of rotatable bonds is 31. The Morgan fingerprint density at radius 3 is 1.71 bits per heavy atom. The molecule has 16 N–H and O–H groups in total. The van der Waals surface area contributed by atoms with E-state index in [0.717, 1.165) is 0 Å². The van der Waals surface area contributed by atoms with Crippen LogP contribution in [0.1, 0.15) is 98.5 Å². The first-order valence-corrected chi connectivity index (χ1v) is 22.0. The van der Waals surface area contributed by atoms with Crippen molar-refractivity contribution in [2.75, 3.05) is 19.7 Å². The van der Waals surface area contributed by atoms with Crippen molar-refractivity contribution in [1.29, 1.82) is 0 Å². The molecule has 22 heteroatoms.